The van der Waals surface area contributed by atoms with Gasteiger partial charge in [-0.05, 0) is 31.5 Å². The molecule has 4 nitrogen and oxygen atoms in total. The Bertz CT molecular complexity index is 455. The van der Waals surface area contributed by atoms with E-state index in [0.717, 1.165) is 29.7 Å². The van der Waals surface area contributed by atoms with E-state index < -0.39 is 0 Å². The standard InChI is InChI=1S/C15H22BrN3O.ClH/c1-11-9-19(8-7-17-11)10-15(20)18-12(2)13-3-5-14(16)6-4-13;/h3-6,11-12,17H,7-10H2,1-2H3,(H,18,20);1H. The van der Waals surface area contributed by atoms with Gasteiger partial charge in [0.25, 0.3) is 0 Å². The fourth-order valence-electron chi connectivity index (χ4n) is 2.48. The molecule has 2 rings (SSSR count). The molecule has 1 aliphatic rings. The van der Waals surface area contributed by atoms with Gasteiger partial charge in [-0.2, -0.15) is 0 Å². The Kier molecular flexibility index (Phi) is 7.66. The SMILES string of the molecule is CC1CN(CC(=O)NC(C)c2ccc(Br)cc2)CCN1.Cl. The summed E-state index contributed by atoms with van der Waals surface area (Å²) in [7, 11) is 0. The lowest BCUT2D eigenvalue weighted by atomic mass is 10.1. The first-order chi connectivity index (χ1) is 9.54. The Hall–Kier alpha value is -0.620. The molecule has 0 saturated carbocycles. The highest BCUT2D eigenvalue weighted by atomic mass is 79.9. The maximum Gasteiger partial charge on any atom is 0.234 e. The maximum atomic E-state index is 12.1. The predicted molar refractivity (Wildman–Crippen MR) is 91.9 cm³/mol. The Morgan fingerprint density at radius 2 is 2.14 bits per heavy atom. The number of benzene rings is 1. The lowest BCUT2D eigenvalue weighted by Crippen LogP contribution is -2.51. The van der Waals surface area contributed by atoms with Gasteiger partial charge in [0.2, 0.25) is 5.91 Å². The zero-order valence-corrected chi connectivity index (χ0v) is 14.8. The molecule has 1 aliphatic heterocycles. The van der Waals surface area contributed by atoms with E-state index in [2.05, 4.69) is 38.4 Å². The molecule has 2 atom stereocenters. The first-order valence-corrected chi connectivity index (χ1v) is 7.84. The van der Waals surface area contributed by atoms with Crippen molar-refractivity contribution in [2.24, 2.45) is 0 Å². The van der Waals surface area contributed by atoms with Gasteiger partial charge in [-0.3, -0.25) is 9.69 Å². The van der Waals surface area contributed by atoms with Crippen molar-refractivity contribution in [3.05, 3.63) is 34.3 Å². The summed E-state index contributed by atoms with van der Waals surface area (Å²) in [6.07, 6.45) is 0. The third kappa shape index (κ3) is 5.94. The van der Waals surface area contributed by atoms with Gasteiger partial charge in [-0.25, -0.2) is 0 Å². The normalized spacial score (nSPS) is 20.4. The number of halogens is 2. The molecule has 1 heterocycles. The molecule has 0 spiro atoms. The average Bonchev–Trinajstić information content (AvgIpc) is 2.39. The lowest BCUT2D eigenvalue weighted by Gasteiger charge is -2.31. The van der Waals surface area contributed by atoms with Crippen LogP contribution in [0, 0.1) is 0 Å². The molecule has 1 amide bonds. The predicted octanol–water partition coefficient (Wildman–Crippen LogP) is 2.34. The van der Waals surface area contributed by atoms with E-state index in [1.807, 2.05) is 31.2 Å². The number of piperazine rings is 1. The summed E-state index contributed by atoms with van der Waals surface area (Å²) in [6.45, 7) is 7.46. The number of hydrogen-bond donors (Lipinski definition) is 2. The molecule has 1 fully saturated rings. The van der Waals surface area contributed by atoms with E-state index in [9.17, 15) is 4.79 Å². The molecule has 0 radical (unpaired) electrons. The van der Waals surface area contributed by atoms with Crippen molar-refractivity contribution in [3.8, 4) is 0 Å². The van der Waals surface area contributed by atoms with Gasteiger partial charge in [-0.15, -0.1) is 12.4 Å². The van der Waals surface area contributed by atoms with Gasteiger partial charge in [-0.1, -0.05) is 28.1 Å². The van der Waals surface area contributed by atoms with Crippen LogP contribution in [0.25, 0.3) is 0 Å². The van der Waals surface area contributed by atoms with Crippen molar-refractivity contribution in [2.75, 3.05) is 26.2 Å². The van der Waals surface area contributed by atoms with E-state index in [1.54, 1.807) is 0 Å². The molecular weight excluding hydrogens is 354 g/mol. The highest BCUT2D eigenvalue weighted by molar-refractivity contribution is 9.10. The van der Waals surface area contributed by atoms with Crippen molar-refractivity contribution in [1.29, 1.82) is 0 Å². The van der Waals surface area contributed by atoms with Crippen LogP contribution in [0.1, 0.15) is 25.5 Å². The summed E-state index contributed by atoms with van der Waals surface area (Å²) >= 11 is 3.42. The van der Waals surface area contributed by atoms with Crippen LogP contribution in [0.15, 0.2) is 28.7 Å². The Morgan fingerprint density at radius 1 is 1.48 bits per heavy atom. The van der Waals surface area contributed by atoms with Crippen molar-refractivity contribution in [1.82, 2.24) is 15.5 Å². The molecule has 0 bridgehead atoms. The van der Waals surface area contributed by atoms with Crippen LogP contribution in [-0.4, -0.2) is 43.0 Å². The zero-order chi connectivity index (χ0) is 14.5. The second kappa shape index (κ2) is 8.73. The number of hydrogen-bond acceptors (Lipinski definition) is 3. The van der Waals surface area contributed by atoms with Crippen LogP contribution in [0.4, 0.5) is 0 Å². The van der Waals surface area contributed by atoms with E-state index in [0.29, 0.717) is 12.6 Å². The van der Waals surface area contributed by atoms with Crippen molar-refractivity contribution in [3.63, 3.8) is 0 Å². The van der Waals surface area contributed by atoms with Crippen LogP contribution < -0.4 is 10.6 Å². The lowest BCUT2D eigenvalue weighted by molar-refractivity contribution is -0.123. The topological polar surface area (TPSA) is 44.4 Å². The Balaban J connectivity index is 0.00000220. The van der Waals surface area contributed by atoms with Crippen LogP contribution in [0.2, 0.25) is 0 Å². The van der Waals surface area contributed by atoms with Gasteiger partial charge in [0, 0.05) is 30.1 Å². The van der Waals surface area contributed by atoms with Crippen molar-refractivity contribution < 1.29 is 4.79 Å². The van der Waals surface area contributed by atoms with Gasteiger partial charge in [0.1, 0.15) is 0 Å². The smallest absolute Gasteiger partial charge is 0.234 e. The first-order valence-electron chi connectivity index (χ1n) is 7.05. The molecule has 1 saturated heterocycles. The number of nitrogens with zero attached hydrogens (tertiary/aromatic N) is 1. The van der Waals surface area contributed by atoms with Gasteiger partial charge in [0.15, 0.2) is 0 Å². The fourth-order valence-corrected chi connectivity index (χ4v) is 2.75. The second-order valence-corrected chi connectivity index (χ2v) is 6.35. The summed E-state index contributed by atoms with van der Waals surface area (Å²) < 4.78 is 1.05. The number of nitrogens with one attached hydrogen (secondary N) is 2. The van der Waals surface area contributed by atoms with Crippen LogP contribution in [0.3, 0.4) is 0 Å². The van der Waals surface area contributed by atoms with E-state index in [-0.39, 0.29) is 24.4 Å². The number of carbonyl (C=O) groups excluding carboxylic acids is 1. The van der Waals surface area contributed by atoms with Crippen molar-refractivity contribution >= 4 is 34.2 Å². The maximum absolute atomic E-state index is 12.1. The highest BCUT2D eigenvalue weighted by Gasteiger charge is 2.18. The number of carbonyl (C=O) groups is 1. The van der Waals surface area contributed by atoms with Crippen molar-refractivity contribution in [2.45, 2.75) is 25.9 Å². The minimum Gasteiger partial charge on any atom is -0.348 e. The van der Waals surface area contributed by atoms with E-state index >= 15 is 0 Å². The Labute approximate surface area is 141 Å². The molecule has 21 heavy (non-hydrogen) atoms. The van der Waals surface area contributed by atoms with Crippen LogP contribution in [0.5, 0.6) is 0 Å². The van der Waals surface area contributed by atoms with E-state index in [4.69, 9.17) is 0 Å². The fraction of sp³-hybridized carbons (Fsp3) is 0.533. The molecule has 6 heteroatoms. The first kappa shape index (κ1) is 18.4. The molecule has 1 aromatic rings. The van der Waals surface area contributed by atoms with Crippen LogP contribution in [-0.2, 0) is 4.79 Å². The molecule has 2 N–H and O–H groups in total. The highest BCUT2D eigenvalue weighted by Crippen LogP contribution is 2.16. The Morgan fingerprint density at radius 3 is 2.76 bits per heavy atom. The summed E-state index contributed by atoms with van der Waals surface area (Å²) in [6, 6.07) is 8.55. The third-order valence-electron chi connectivity index (χ3n) is 3.57. The second-order valence-electron chi connectivity index (χ2n) is 5.43. The minimum absolute atomic E-state index is 0. The summed E-state index contributed by atoms with van der Waals surface area (Å²) in [5, 5.41) is 6.44. The minimum atomic E-state index is 0. The van der Waals surface area contributed by atoms with Gasteiger partial charge >= 0.3 is 0 Å². The summed E-state index contributed by atoms with van der Waals surface area (Å²) in [5.74, 6) is 0.0921. The number of amides is 1. The van der Waals surface area contributed by atoms with Gasteiger partial charge in [0.05, 0.1) is 12.6 Å². The monoisotopic (exact) mass is 375 g/mol. The van der Waals surface area contributed by atoms with Crippen LogP contribution >= 0.6 is 28.3 Å². The summed E-state index contributed by atoms with van der Waals surface area (Å²) in [4.78, 5) is 14.3. The zero-order valence-electron chi connectivity index (χ0n) is 12.4. The molecular formula is C15H23BrClN3O. The molecule has 2 unspecified atom stereocenters. The molecule has 0 aliphatic carbocycles. The summed E-state index contributed by atoms with van der Waals surface area (Å²) in [5.41, 5.74) is 1.12. The van der Waals surface area contributed by atoms with E-state index in [1.165, 1.54) is 0 Å². The number of rotatable bonds is 4. The molecule has 0 aromatic heterocycles. The molecule has 1 aromatic carbocycles. The molecule has 118 valence electrons. The third-order valence-corrected chi connectivity index (χ3v) is 4.10. The largest absolute Gasteiger partial charge is 0.348 e. The quantitative estimate of drug-likeness (QED) is 0.848. The average molecular weight is 377 g/mol. The van der Waals surface area contributed by atoms with Gasteiger partial charge < -0.3 is 10.6 Å².